The Balaban J connectivity index is 2.55. The molecule has 0 aliphatic carbocycles. The van der Waals surface area contributed by atoms with Gasteiger partial charge < -0.3 is 19.5 Å². The summed E-state index contributed by atoms with van der Waals surface area (Å²) in [6.45, 7) is 5.46. The highest BCUT2D eigenvalue weighted by Crippen LogP contribution is 2.15. The second-order valence-corrected chi connectivity index (χ2v) is 5.66. The summed E-state index contributed by atoms with van der Waals surface area (Å²) in [7, 11) is 1.66. The van der Waals surface area contributed by atoms with Crippen molar-refractivity contribution in [2.24, 2.45) is 0 Å². The second-order valence-electron chi connectivity index (χ2n) is 5.66. The van der Waals surface area contributed by atoms with E-state index in [0.717, 1.165) is 5.56 Å². The van der Waals surface area contributed by atoms with Gasteiger partial charge in [-0.25, -0.2) is 9.59 Å². The summed E-state index contributed by atoms with van der Waals surface area (Å²) in [6.07, 6.45) is -0.395. The van der Waals surface area contributed by atoms with E-state index in [0.29, 0.717) is 12.3 Å². The lowest BCUT2D eigenvalue weighted by atomic mass is 10.2. The molecule has 0 radical (unpaired) electrons. The number of hydrogen-bond acceptors (Lipinski definition) is 4. The van der Waals surface area contributed by atoms with Crippen molar-refractivity contribution >= 4 is 12.1 Å². The topological polar surface area (TPSA) is 76.1 Å². The smallest absolute Gasteiger partial charge is 0.410 e. The zero-order chi connectivity index (χ0) is 16.0. The number of rotatable bonds is 5. The van der Waals surface area contributed by atoms with E-state index in [-0.39, 0.29) is 6.61 Å². The van der Waals surface area contributed by atoms with Crippen LogP contribution in [0.5, 0.6) is 5.75 Å². The van der Waals surface area contributed by atoms with Gasteiger partial charge in [-0.15, -0.1) is 0 Å². The first-order chi connectivity index (χ1) is 9.67. The molecule has 0 saturated heterocycles. The van der Waals surface area contributed by atoms with Gasteiger partial charge in [-0.2, -0.15) is 0 Å². The number of carboxylic acids is 1. The number of ether oxygens (including phenoxy) is 2. The fraction of sp³-hybridized carbons (Fsp3) is 0.467. The Morgan fingerprint density at radius 2 is 1.76 bits per heavy atom. The van der Waals surface area contributed by atoms with Gasteiger partial charge in [-0.05, 0) is 38.5 Å². The van der Waals surface area contributed by atoms with Crippen LogP contribution in [0.2, 0.25) is 0 Å². The third-order valence-corrected chi connectivity index (χ3v) is 2.41. The number of nitrogens with zero attached hydrogens (tertiary/aromatic N) is 1. The Bertz CT molecular complexity index is 490. The van der Waals surface area contributed by atoms with Crippen LogP contribution in [0.4, 0.5) is 4.79 Å². The van der Waals surface area contributed by atoms with E-state index in [1.165, 1.54) is 4.90 Å². The second kappa shape index (κ2) is 6.97. The molecule has 0 aromatic heterocycles. The van der Waals surface area contributed by atoms with Crippen LogP contribution in [-0.4, -0.2) is 41.3 Å². The fourth-order valence-electron chi connectivity index (χ4n) is 1.51. The molecule has 0 bridgehead atoms. The molecule has 0 atom stereocenters. The maximum Gasteiger partial charge on any atom is 0.410 e. The zero-order valence-corrected chi connectivity index (χ0v) is 12.8. The molecule has 0 fully saturated rings. The Kier molecular flexibility index (Phi) is 5.58. The lowest BCUT2D eigenvalue weighted by Crippen LogP contribution is -2.33. The van der Waals surface area contributed by atoms with Gasteiger partial charge in [-0.3, -0.25) is 0 Å². The summed E-state index contributed by atoms with van der Waals surface area (Å²) >= 11 is 0. The van der Waals surface area contributed by atoms with Gasteiger partial charge in [0.1, 0.15) is 11.4 Å². The Morgan fingerprint density at radius 3 is 2.24 bits per heavy atom. The molecule has 6 heteroatoms. The van der Waals surface area contributed by atoms with Crippen LogP contribution >= 0.6 is 0 Å². The third-order valence-electron chi connectivity index (χ3n) is 2.41. The molecule has 0 spiro atoms. The lowest BCUT2D eigenvalue weighted by Gasteiger charge is -2.24. The van der Waals surface area contributed by atoms with E-state index in [1.807, 2.05) is 20.8 Å². The minimum Gasteiger partial charge on any atom is -0.482 e. The quantitative estimate of drug-likeness (QED) is 0.903. The molecule has 0 saturated carbocycles. The SMILES string of the molecule is CN(Cc1ccc(OCC(=O)O)cc1)C(=O)OC(C)(C)C. The minimum absolute atomic E-state index is 0.378. The van der Waals surface area contributed by atoms with Gasteiger partial charge in [0.15, 0.2) is 6.61 Å². The number of carboxylic acid groups (broad SMARTS) is 1. The zero-order valence-electron chi connectivity index (χ0n) is 12.8. The van der Waals surface area contributed by atoms with Gasteiger partial charge in [0, 0.05) is 13.6 Å². The molecular weight excluding hydrogens is 274 g/mol. The maximum atomic E-state index is 11.8. The molecule has 21 heavy (non-hydrogen) atoms. The van der Waals surface area contributed by atoms with Crippen molar-refractivity contribution in [3.8, 4) is 5.75 Å². The molecule has 0 heterocycles. The molecule has 1 rings (SSSR count). The summed E-state index contributed by atoms with van der Waals surface area (Å²) in [5, 5.41) is 8.52. The predicted molar refractivity (Wildman–Crippen MR) is 77.3 cm³/mol. The Labute approximate surface area is 124 Å². The van der Waals surface area contributed by atoms with Crippen LogP contribution in [0.1, 0.15) is 26.3 Å². The Hall–Kier alpha value is -2.24. The number of amides is 1. The largest absolute Gasteiger partial charge is 0.482 e. The van der Waals surface area contributed by atoms with Crippen molar-refractivity contribution in [2.75, 3.05) is 13.7 Å². The molecular formula is C15H21NO5. The summed E-state index contributed by atoms with van der Waals surface area (Å²) in [5.41, 5.74) is 0.367. The van der Waals surface area contributed by atoms with Gasteiger partial charge in [-0.1, -0.05) is 12.1 Å². The highest BCUT2D eigenvalue weighted by atomic mass is 16.6. The molecule has 116 valence electrons. The highest BCUT2D eigenvalue weighted by Gasteiger charge is 2.19. The molecule has 0 unspecified atom stereocenters. The van der Waals surface area contributed by atoms with Crippen LogP contribution < -0.4 is 4.74 Å². The monoisotopic (exact) mass is 295 g/mol. The first-order valence-electron chi connectivity index (χ1n) is 6.55. The molecule has 0 aliphatic rings. The predicted octanol–water partition coefficient (Wildman–Crippen LogP) is 2.52. The third kappa shape index (κ3) is 6.65. The summed E-state index contributed by atoms with van der Waals surface area (Å²) in [5.74, 6) is -0.551. The van der Waals surface area contributed by atoms with Crippen molar-refractivity contribution in [2.45, 2.75) is 32.9 Å². The van der Waals surface area contributed by atoms with Gasteiger partial charge in [0.25, 0.3) is 0 Å². The average Bonchev–Trinajstić information content (AvgIpc) is 2.35. The number of carbonyl (C=O) groups is 2. The van der Waals surface area contributed by atoms with Gasteiger partial charge >= 0.3 is 12.1 Å². The number of hydrogen-bond donors (Lipinski definition) is 1. The average molecular weight is 295 g/mol. The number of carbonyl (C=O) groups excluding carboxylic acids is 1. The first-order valence-corrected chi connectivity index (χ1v) is 6.55. The van der Waals surface area contributed by atoms with Crippen LogP contribution in [0, 0.1) is 0 Å². The number of aliphatic carboxylic acids is 1. The van der Waals surface area contributed by atoms with E-state index >= 15 is 0 Å². The van der Waals surface area contributed by atoms with E-state index in [4.69, 9.17) is 14.6 Å². The fourth-order valence-corrected chi connectivity index (χ4v) is 1.51. The highest BCUT2D eigenvalue weighted by molar-refractivity contribution is 5.68. The van der Waals surface area contributed by atoms with E-state index in [1.54, 1.807) is 31.3 Å². The molecule has 1 aromatic carbocycles. The van der Waals surface area contributed by atoms with Crippen molar-refractivity contribution in [1.29, 1.82) is 0 Å². The van der Waals surface area contributed by atoms with E-state index in [9.17, 15) is 9.59 Å². The van der Waals surface area contributed by atoms with Crippen molar-refractivity contribution in [3.63, 3.8) is 0 Å². The van der Waals surface area contributed by atoms with Crippen molar-refractivity contribution in [1.82, 2.24) is 4.90 Å². The van der Waals surface area contributed by atoms with Gasteiger partial charge in [0.05, 0.1) is 0 Å². The van der Waals surface area contributed by atoms with Gasteiger partial charge in [0.2, 0.25) is 0 Å². The van der Waals surface area contributed by atoms with Crippen molar-refractivity contribution in [3.05, 3.63) is 29.8 Å². The molecule has 6 nitrogen and oxygen atoms in total. The number of benzene rings is 1. The van der Waals surface area contributed by atoms with Crippen LogP contribution in [-0.2, 0) is 16.1 Å². The molecule has 1 N–H and O–H groups in total. The maximum absolute atomic E-state index is 11.8. The molecule has 0 aliphatic heterocycles. The van der Waals surface area contributed by atoms with E-state index < -0.39 is 17.7 Å². The Morgan fingerprint density at radius 1 is 1.19 bits per heavy atom. The minimum atomic E-state index is -1.02. The van der Waals surface area contributed by atoms with Crippen LogP contribution in [0.25, 0.3) is 0 Å². The summed E-state index contributed by atoms with van der Waals surface area (Å²) in [4.78, 5) is 23.7. The normalized spacial score (nSPS) is 10.9. The van der Waals surface area contributed by atoms with Crippen LogP contribution in [0.15, 0.2) is 24.3 Å². The first kappa shape index (κ1) is 16.8. The van der Waals surface area contributed by atoms with E-state index in [2.05, 4.69) is 0 Å². The molecule has 1 amide bonds. The van der Waals surface area contributed by atoms with Crippen molar-refractivity contribution < 1.29 is 24.2 Å². The molecule has 1 aromatic rings. The standard InChI is InChI=1S/C15H21NO5/c1-15(2,3)21-14(19)16(4)9-11-5-7-12(8-6-11)20-10-13(17)18/h5-8H,9-10H2,1-4H3,(H,17,18). The van der Waals surface area contributed by atoms with Crippen LogP contribution in [0.3, 0.4) is 0 Å². The lowest BCUT2D eigenvalue weighted by molar-refractivity contribution is -0.139. The summed E-state index contributed by atoms with van der Waals surface area (Å²) < 4.78 is 10.3. The summed E-state index contributed by atoms with van der Waals surface area (Å²) in [6, 6.07) is 6.89.